The summed E-state index contributed by atoms with van der Waals surface area (Å²) < 4.78 is 0. The summed E-state index contributed by atoms with van der Waals surface area (Å²) in [6.07, 6.45) is -0.00244. The van der Waals surface area contributed by atoms with Crippen LogP contribution in [0.5, 0.6) is 0 Å². The predicted octanol–water partition coefficient (Wildman–Crippen LogP) is 3.68. The van der Waals surface area contributed by atoms with Crippen molar-refractivity contribution in [2.45, 2.75) is 19.4 Å². The Kier molecular flexibility index (Phi) is 6.89. The van der Waals surface area contributed by atoms with Gasteiger partial charge in [0.1, 0.15) is 0 Å². The van der Waals surface area contributed by atoms with Gasteiger partial charge in [-0.05, 0) is 42.8 Å². The van der Waals surface area contributed by atoms with Crippen molar-refractivity contribution in [2.24, 2.45) is 0 Å². The smallest absolute Gasteiger partial charge is 0.269 e. The van der Waals surface area contributed by atoms with Gasteiger partial charge in [-0.3, -0.25) is 29.4 Å². The van der Waals surface area contributed by atoms with Gasteiger partial charge in [-0.25, -0.2) is 0 Å². The van der Waals surface area contributed by atoms with Gasteiger partial charge < -0.3 is 15.5 Å². The molecule has 38 heavy (non-hydrogen) atoms. The van der Waals surface area contributed by atoms with Crippen LogP contribution in [-0.2, 0) is 4.79 Å². The molecule has 3 aromatic rings. The lowest BCUT2D eigenvalue weighted by Crippen LogP contribution is -2.46. The summed E-state index contributed by atoms with van der Waals surface area (Å²) in [6.45, 7) is 4.55. The lowest BCUT2D eigenvalue weighted by Gasteiger charge is -2.31. The van der Waals surface area contributed by atoms with E-state index in [4.69, 9.17) is 0 Å². The zero-order valence-electron chi connectivity index (χ0n) is 20.8. The summed E-state index contributed by atoms with van der Waals surface area (Å²) in [7, 11) is 0. The molecular formula is C28H27N5O5. The minimum atomic E-state index is -0.630. The van der Waals surface area contributed by atoms with Crippen LogP contribution in [0.15, 0.2) is 66.7 Å². The van der Waals surface area contributed by atoms with Gasteiger partial charge in [-0.2, -0.15) is 0 Å². The second-order valence-corrected chi connectivity index (χ2v) is 9.43. The Balaban J connectivity index is 1.59. The molecule has 3 amide bonds. The summed E-state index contributed by atoms with van der Waals surface area (Å²) in [6, 6.07) is 17.3. The lowest BCUT2D eigenvalue weighted by atomic mass is 9.98. The van der Waals surface area contributed by atoms with Crippen molar-refractivity contribution in [2.75, 3.05) is 36.4 Å². The van der Waals surface area contributed by atoms with Gasteiger partial charge in [0.05, 0.1) is 28.8 Å². The number of aryl methyl sites for hydroxylation is 1. The number of nitro benzene ring substituents is 1. The third-order valence-corrected chi connectivity index (χ3v) is 6.88. The van der Waals surface area contributed by atoms with Crippen LogP contribution >= 0.6 is 0 Å². The molecule has 0 aliphatic carbocycles. The number of piperazine rings is 1. The van der Waals surface area contributed by atoms with Crippen LogP contribution in [0.25, 0.3) is 0 Å². The van der Waals surface area contributed by atoms with E-state index in [-0.39, 0.29) is 29.5 Å². The lowest BCUT2D eigenvalue weighted by molar-refractivity contribution is -0.384. The highest BCUT2D eigenvalue weighted by Crippen LogP contribution is 2.40. The van der Waals surface area contributed by atoms with E-state index >= 15 is 0 Å². The first-order valence-electron chi connectivity index (χ1n) is 12.4. The maximum Gasteiger partial charge on any atom is 0.269 e. The summed E-state index contributed by atoms with van der Waals surface area (Å²) >= 11 is 0. The van der Waals surface area contributed by atoms with E-state index in [2.05, 4.69) is 10.6 Å². The molecule has 1 saturated heterocycles. The Bertz CT molecular complexity index is 1400. The van der Waals surface area contributed by atoms with Gasteiger partial charge in [-0.1, -0.05) is 29.8 Å². The number of fused-ring (bicyclic) bond motifs is 1. The number of rotatable bonds is 4. The Labute approximate surface area is 219 Å². The number of hydrogen-bond acceptors (Lipinski definition) is 6. The minimum Gasteiger partial charge on any atom is -0.336 e. The van der Waals surface area contributed by atoms with Crippen molar-refractivity contribution in [3.63, 3.8) is 0 Å². The zero-order valence-corrected chi connectivity index (χ0v) is 20.8. The number of nitrogens with zero attached hydrogens (tertiary/aromatic N) is 3. The summed E-state index contributed by atoms with van der Waals surface area (Å²) in [5.41, 5.74) is 3.16. The van der Waals surface area contributed by atoms with E-state index in [1.807, 2.05) is 31.2 Å². The molecule has 3 aromatic carbocycles. The fourth-order valence-electron chi connectivity index (χ4n) is 4.84. The van der Waals surface area contributed by atoms with Gasteiger partial charge in [-0.15, -0.1) is 0 Å². The van der Waals surface area contributed by atoms with E-state index in [0.29, 0.717) is 43.1 Å². The van der Waals surface area contributed by atoms with Crippen LogP contribution in [0.4, 0.5) is 17.1 Å². The summed E-state index contributed by atoms with van der Waals surface area (Å²) in [4.78, 5) is 54.1. The number of hydrogen-bond donors (Lipinski definition) is 2. The SMILES string of the molecule is Cc1ccc(C2CC(=O)Nc3cc(C(=O)N4CCNCC4)ccc3N2C(=O)c2ccc([N+](=O)[O-])cc2)cc1. The number of carbonyl (C=O) groups is 3. The van der Waals surface area contributed by atoms with Gasteiger partial charge >= 0.3 is 0 Å². The van der Waals surface area contributed by atoms with Crippen LogP contribution in [-0.4, -0.2) is 53.7 Å². The molecule has 1 fully saturated rings. The van der Waals surface area contributed by atoms with Crippen molar-refractivity contribution >= 4 is 34.8 Å². The molecule has 0 spiro atoms. The first-order valence-corrected chi connectivity index (χ1v) is 12.4. The van der Waals surface area contributed by atoms with Crippen LogP contribution in [0.2, 0.25) is 0 Å². The van der Waals surface area contributed by atoms with Crippen molar-refractivity contribution in [3.05, 3.63) is 99.1 Å². The Morgan fingerprint density at radius 3 is 2.24 bits per heavy atom. The van der Waals surface area contributed by atoms with Crippen LogP contribution in [0.1, 0.15) is 44.3 Å². The monoisotopic (exact) mass is 513 g/mol. The Morgan fingerprint density at radius 1 is 0.921 bits per heavy atom. The second-order valence-electron chi connectivity index (χ2n) is 9.43. The fraction of sp³-hybridized carbons (Fsp3) is 0.250. The molecule has 0 aromatic heterocycles. The molecule has 0 bridgehead atoms. The number of anilines is 2. The predicted molar refractivity (Wildman–Crippen MR) is 142 cm³/mol. The first kappa shape index (κ1) is 25.1. The second kappa shape index (κ2) is 10.4. The van der Waals surface area contributed by atoms with Crippen LogP contribution in [0, 0.1) is 17.0 Å². The standard InChI is InChI=1S/C28H27N5O5/c1-18-2-4-19(5-3-18)25-17-26(34)30-23-16-21(27(35)31-14-12-29-13-15-31)8-11-24(23)32(25)28(36)20-6-9-22(10-7-20)33(37)38/h2-11,16,25,29H,12-15,17H2,1H3,(H,30,34). The molecular weight excluding hydrogens is 486 g/mol. The number of nitrogens with one attached hydrogen (secondary N) is 2. The van der Waals surface area contributed by atoms with Gasteiger partial charge in [0.15, 0.2) is 0 Å². The van der Waals surface area contributed by atoms with E-state index in [1.54, 1.807) is 23.1 Å². The third-order valence-electron chi connectivity index (χ3n) is 6.88. The average molecular weight is 514 g/mol. The number of carbonyl (C=O) groups excluding carboxylic acids is 3. The maximum absolute atomic E-state index is 14.0. The van der Waals surface area contributed by atoms with E-state index in [0.717, 1.165) is 11.1 Å². The fourth-order valence-corrected chi connectivity index (χ4v) is 4.84. The van der Waals surface area contributed by atoms with Crippen molar-refractivity contribution in [1.29, 1.82) is 0 Å². The van der Waals surface area contributed by atoms with Crippen molar-refractivity contribution in [3.8, 4) is 0 Å². The average Bonchev–Trinajstić information content (AvgIpc) is 3.08. The van der Waals surface area contributed by atoms with Crippen molar-refractivity contribution < 1.29 is 19.3 Å². The maximum atomic E-state index is 14.0. The van der Waals surface area contributed by atoms with Crippen LogP contribution in [0.3, 0.4) is 0 Å². The Morgan fingerprint density at radius 2 is 1.58 bits per heavy atom. The van der Waals surface area contributed by atoms with E-state index in [1.165, 1.54) is 29.2 Å². The van der Waals surface area contributed by atoms with E-state index in [9.17, 15) is 24.5 Å². The summed E-state index contributed by atoms with van der Waals surface area (Å²) in [5, 5.41) is 17.2. The molecule has 10 nitrogen and oxygen atoms in total. The molecule has 10 heteroatoms. The molecule has 194 valence electrons. The number of amides is 3. The van der Waals surface area contributed by atoms with Crippen molar-refractivity contribution in [1.82, 2.24) is 10.2 Å². The Hall–Kier alpha value is -4.57. The van der Waals surface area contributed by atoms with Gasteiger partial charge in [0.25, 0.3) is 17.5 Å². The molecule has 2 aliphatic rings. The highest BCUT2D eigenvalue weighted by molar-refractivity contribution is 6.12. The molecule has 1 atom stereocenters. The molecule has 1 unspecified atom stereocenters. The third kappa shape index (κ3) is 4.98. The van der Waals surface area contributed by atoms with Crippen LogP contribution < -0.4 is 15.5 Å². The summed E-state index contributed by atoms with van der Waals surface area (Å²) in [5.74, 6) is -0.844. The normalized spacial score (nSPS) is 17.3. The van der Waals surface area contributed by atoms with Gasteiger partial charge in [0.2, 0.25) is 5.91 Å². The highest BCUT2D eigenvalue weighted by Gasteiger charge is 2.35. The minimum absolute atomic E-state index is 0.00244. The molecule has 2 heterocycles. The molecule has 2 aliphatic heterocycles. The largest absolute Gasteiger partial charge is 0.336 e. The number of non-ortho nitro benzene ring substituents is 1. The molecule has 2 N–H and O–H groups in total. The van der Waals surface area contributed by atoms with Gasteiger partial charge in [0, 0.05) is 49.4 Å². The topological polar surface area (TPSA) is 125 Å². The quantitative estimate of drug-likeness (QED) is 0.405. The number of nitro groups is 1. The highest BCUT2D eigenvalue weighted by atomic mass is 16.6. The van der Waals surface area contributed by atoms with E-state index < -0.39 is 16.9 Å². The first-order chi connectivity index (χ1) is 18.3. The molecule has 0 saturated carbocycles. The molecule has 0 radical (unpaired) electrons. The molecule has 5 rings (SSSR count). The number of benzene rings is 3. The zero-order chi connectivity index (χ0) is 26.8.